The number of aromatic amines is 2. The van der Waals surface area contributed by atoms with E-state index in [0.29, 0.717) is 88.6 Å². The van der Waals surface area contributed by atoms with Gasteiger partial charge in [0.1, 0.15) is 11.1 Å². The van der Waals surface area contributed by atoms with Crippen molar-refractivity contribution in [2.45, 2.75) is 13.8 Å². The molecule has 13 nitrogen and oxygen atoms in total. The number of aromatic nitrogens is 4. The molecule has 47 heavy (non-hydrogen) atoms. The Hall–Kier alpha value is -4.40. The Kier molecular flexibility index (Phi) is 11.9. The van der Waals surface area contributed by atoms with E-state index in [1.54, 1.807) is 38.1 Å². The van der Waals surface area contributed by atoms with Gasteiger partial charge in [-0.2, -0.15) is 0 Å². The molecule has 0 radical (unpaired) electrons. The number of aryl methyl sites for hydroxylation is 2. The molecule has 0 aliphatic carbocycles. The molecule has 5 rings (SSSR count). The summed E-state index contributed by atoms with van der Waals surface area (Å²) in [4.78, 5) is 56.9. The second-order valence-corrected chi connectivity index (χ2v) is 11.4. The number of benzene rings is 2. The van der Waals surface area contributed by atoms with Gasteiger partial charge in [-0.05, 0) is 38.1 Å². The normalized spacial score (nSPS) is 16.4. The molecule has 0 saturated carbocycles. The van der Waals surface area contributed by atoms with Crippen LogP contribution in [0.3, 0.4) is 0 Å². The molecular formula is C34H42N6O7. The Morgan fingerprint density at radius 2 is 0.915 bits per heavy atom. The van der Waals surface area contributed by atoms with Crippen molar-refractivity contribution in [2.24, 2.45) is 0 Å². The summed E-state index contributed by atoms with van der Waals surface area (Å²) < 4.78 is 20.2. The summed E-state index contributed by atoms with van der Waals surface area (Å²) in [7, 11) is 0. The quantitative estimate of drug-likeness (QED) is 0.275. The van der Waals surface area contributed by atoms with Gasteiger partial charge in [0.05, 0.1) is 64.1 Å². The minimum atomic E-state index is -0.384. The third-order valence-corrected chi connectivity index (χ3v) is 8.04. The van der Waals surface area contributed by atoms with E-state index in [9.17, 15) is 19.2 Å². The van der Waals surface area contributed by atoms with Crippen LogP contribution in [0.2, 0.25) is 0 Å². The van der Waals surface area contributed by atoms with E-state index >= 15 is 0 Å². The monoisotopic (exact) mass is 646 g/mol. The van der Waals surface area contributed by atoms with E-state index in [0.717, 1.165) is 0 Å². The summed E-state index contributed by atoms with van der Waals surface area (Å²) in [5, 5.41) is 6.03. The van der Waals surface area contributed by atoms with Crippen LogP contribution in [0.4, 0.5) is 0 Å². The molecule has 0 atom stereocenters. The second kappa shape index (κ2) is 16.4. The number of H-pyrrole nitrogens is 2. The standard InChI is InChI=1S/C34H42N6O7/c1-25-31(33(43)39(35-25)27-9-5-3-6-10-27)29(41)23-37-13-17-45-18-14-38(16-20-47-22-21-46-19-15-37)24-30(42)32-26(2)36-40(34(32)44)28-11-7-4-8-12-28/h3-12,35-36H,13-24H2,1-2H3. The van der Waals surface area contributed by atoms with Crippen LogP contribution < -0.4 is 11.1 Å². The zero-order chi connectivity index (χ0) is 33.2. The fourth-order valence-electron chi connectivity index (χ4n) is 5.57. The van der Waals surface area contributed by atoms with Crippen LogP contribution in [-0.2, 0) is 14.2 Å². The van der Waals surface area contributed by atoms with E-state index < -0.39 is 0 Å². The van der Waals surface area contributed by atoms with Crippen LogP contribution in [0.1, 0.15) is 32.1 Å². The van der Waals surface area contributed by atoms with Gasteiger partial charge in [-0.25, -0.2) is 9.36 Å². The van der Waals surface area contributed by atoms with Crippen molar-refractivity contribution in [3.05, 3.63) is 104 Å². The van der Waals surface area contributed by atoms with Crippen LogP contribution in [0.15, 0.2) is 70.3 Å². The molecule has 3 heterocycles. The minimum absolute atomic E-state index is 0.0308. The Balaban J connectivity index is 1.19. The summed E-state index contributed by atoms with van der Waals surface area (Å²) in [5.41, 5.74) is 1.82. The molecule has 0 unspecified atom stereocenters. The van der Waals surface area contributed by atoms with Gasteiger partial charge in [-0.15, -0.1) is 0 Å². The van der Waals surface area contributed by atoms with Gasteiger partial charge >= 0.3 is 0 Å². The third-order valence-electron chi connectivity index (χ3n) is 8.04. The summed E-state index contributed by atoms with van der Waals surface area (Å²) in [6, 6.07) is 18.2. The van der Waals surface area contributed by atoms with E-state index in [1.807, 2.05) is 46.2 Å². The Morgan fingerprint density at radius 3 is 1.28 bits per heavy atom. The van der Waals surface area contributed by atoms with Crippen molar-refractivity contribution >= 4 is 11.6 Å². The highest BCUT2D eigenvalue weighted by Crippen LogP contribution is 2.10. The summed E-state index contributed by atoms with van der Waals surface area (Å²) in [6.07, 6.45) is 0. The number of hydrogen-bond acceptors (Lipinski definition) is 9. The van der Waals surface area contributed by atoms with Gasteiger partial charge < -0.3 is 14.2 Å². The average Bonchev–Trinajstić information content (AvgIpc) is 3.54. The Bertz CT molecular complexity index is 1610. The maximum Gasteiger partial charge on any atom is 0.282 e. The Labute approximate surface area is 272 Å². The highest BCUT2D eigenvalue weighted by Gasteiger charge is 2.23. The van der Waals surface area contributed by atoms with Gasteiger partial charge in [0.15, 0.2) is 11.6 Å². The number of para-hydroxylation sites is 2. The number of nitrogens with one attached hydrogen (secondary N) is 2. The molecule has 0 amide bonds. The van der Waals surface area contributed by atoms with Crippen LogP contribution in [0.25, 0.3) is 11.4 Å². The first-order valence-corrected chi connectivity index (χ1v) is 15.8. The largest absolute Gasteiger partial charge is 0.379 e. The van der Waals surface area contributed by atoms with Crippen LogP contribution in [-0.4, -0.2) is 120 Å². The topological polar surface area (TPSA) is 144 Å². The number of carbonyl (C=O) groups is 2. The van der Waals surface area contributed by atoms with E-state index in [1.165, 1.54) is 9.36 Å². The number of Topliss-reactive ketones (excluding diaryl/α,β-unsaturated/α-hetero) is 2. The second-order valence-electron chi connectivity index (χ2n) is 11.4. The van der Waals surface area contributed by atoms with Crippen molar-refractivity contribution in [1.29, 1.82) is 0 Å². The first-order chi connectivity index (χ1) is 22.8. The molecule has 2 N–H and O–H groups in total. The van der Waals surface area contributed by atoms with Crippen LogP contribution in [0, 0.1) is 13.8 Å². The summed E-state index contributed by atoms with van der Waals surface area (Å²) >= 11 is 0. The summed E-state index contributed by atoms with van der Waals surface area (Å²) in [6.45, 7) is 7.53. The molecule has 1 aliphatic rings. The number of rotatable bonds is 8. The molecule has 250 valence electrons. The molecular weight excluding hydrogens is 604 g/mol. The molecule has 1 fully saturated rings. The van der Waals surface area contributed by atoms with Gasteiger partial charge in [0.2, 0.25) is 0 Å². The van der Waals surface area contributed by atoms with Crippen molar-refractivity contribution in [2.75, 3.05) is 78.9 Å². The van der Waals surface area contributed by atoms with Crippen LogP contribution >= 0.6 is 0 Å². The van der Waals surface area contributed by atoms with E-state index in [4.69, 9.17) is 14.2 Å². The molecule has 0 bridgehead atoms. The molecule has 0 spiro atoms. The lowest BCUT2D eigenvalue weighted by Crippen LogP contribution is -2.38. The molecule has 1 saturated heterocycles. The lowest BCUT2D eigenvalue weighted by Gasteiger charge is -2.22. The number of hydrogen-bond donors (Lipinski definition) is 2. The zero-order valence-corrected chi connectivity index (χ0v) is 26.9. The maximum atomic E-state index is 13.4. The lowest BCUT2D eigenvalue weighted by molar-refractivity contribution is 0.0321. The van der Waals surface area contributed by atoms with Gasteiger partial charge in [-0.3, -0.25) is 39.2 Å². The van der Waals surface area contributed by atoms with Crippen molar-refractivity contribution < 1.29 is 23.8 Å². The number of carbonyl (C=O) groups excluding carboxylic acids is 2. The summed E-state index contributed by atoms with van der Waals surface area (Å²) in [5.74, 6) is -0.563. The predicted octanol–water partition coefficient (Wildman–Crippen LogP) is 1.99. The van der Waals surface area contributed by atoms with Crippen molar-refractivity contribution in [1.82, 2.24) is 29.4 Å². The number of ether oxygens (including phenoxy) is 3. The number of ketones is 2. The zero-order valence-electron chi connectivity index (χ0n) is 26.9. The maximum absolute atomic E-state index is 13.4. The smallest absolute Gasteiger partial charge is 0.282 e. The Morgan fingerprint density at radius 1 is 0.574 bits per heavy atom. The molecule has 2 aromatic heterocycles. The average molecular weight is 647 g/mol. The third kappa shape index (κ3) is 8.70. The highest BCUT2D eigenvalue weighted by molar-refractivity contribution is 5.99. The van der Waals surface area contributed by atoms with Crippen molar-refractivity contribution in [3.63, 3.8) is 0 Å². The first-order valence-electron chi connectivity index (χ1n) is 15.8. The molecule has 2 aromatic carbocycles. The van der Waals surface area contributed by atoms with Gasteiger partial charge in [-0.1, -0.05) is 36.4 Å². The molecule has 4 aromatic rings. The lowest BCUT2D eigenvalue weighted by atomic mass is 10.1. The van der Waals surface area contributed by atoms with Crippen LogP contribution in [0.5, 0.6) is 0 Å². The minimum Gasteiger partial charge on any atom is -0.379 e. The van der Waals surface area contributed by atoms with E-state index in [-0.39, 0.29) is 46.9 Å². The highest BCUT2D eigenvalue weighted by atomic mass is 16.5. The van der Waals surface area contributed by atoms with E-state index in [2.05, 4.69) is 10.2 Å². The fraction of sp³-hybridized carbons (Fsp3) is 0.412. The number of nitrogens with zero attached hydrogens (tertiary/aromatic N) is 4. The molecule has 1 aliphatic heterocycles. The molecule has 13 heteroatoms. The SMILES string of the molecule is Cc1[nH]n(-c2ccccc2)c(=O)c1C(=O)CN1CCOCCOCCN(CC(=O)c2c(C)[nH]n(-c3ccccc3)c2=O)CCOCC1. The van der Waals surface area contributed by atoms with Crippen molar-refractivity contribution in [3.8, 4) is 11.4 Å². The predicted molar refractivity (Wildman–Crippen MR) is 176 cm³/mol. The fourth-order valence-corrected chi connectivity index (χ4v) is 5.57. The first kappa shape index (κ1) is 33.9. The van der Waals surface area contributed by atoms with Gasteiger partial charge in [0, 0.05) is 37.6 Å². The van der Waals surface area contributed by atoms with Gasteiger partial charge in [0.25, 0.3) is 11.1 Å².